The van der Waals surface area contributed by atoms with Gasteiger partial charge in [0.2, 0.25) is 0 Å². The van der Waals surface area contributed by atoms with Crippen LogP contribution in [0.1, 0.15) is 13.3 Å². The first-order chi connectivity index (χ1) is 4.35. The highest BCUT2D eigenvalue weighted by Crippen LogP contribution is 1.98. The zero-order valence-corrected chi connectivity index (χ0v) is 5.59. The van der Waals surface area contributed by atoms with E-state index in [2.05, 4.69) is 4.74 Å². The van der Waals surface area contributed by atoms with Crippen LogP contribution in [0.2, 0.25) is 0 Å². The van der Waals surface area contributed by atoms with Crippen LogP contribution in [-0.4, -0.2) is 13.6 Å². The van der Waals surface area contributed by atoms with Crippen molar-refractivity contribution >= 4 is 6.47 Å². The normalized spacial score (nSPS) is 10.7. The predicted molar refractivity (Wildman–Crippen MR) is 32.5 cm³/mol. The molecular weight excluding hydrogens is 120 g/mol. The number of hydrogen-bond acceptors (Lipinski definition) is 3. The molecule has 0 atom stereocenters. The van der Waals surface area contributed by atoms with E-state index in [0.717, 1.165) is 6.42 Å². The van der Waals surface area contributed by atoms with Crippen molar-refractivity contribution in [1.29, 1.82) is 0 Å². The van der Waals surface area contributed by atoms with Crippen LogP contribution in [0.25, 0.3) is 0 Å². The monoisotopic (exact) mass is 130 g/mol. The Morgan fingerprint density at radius 2 is 2.33 bits per heavy atom. The van der Waals surface area contributed by atoms with Crippen molar-refractivity contribution in [3.8, 4) is 0 Å². The lowest BCUT2D eigenvalue weighted by Crippen LogP contribution is -1.85. The number of carbonyl (C=O) groups excluding carboxylic acids is 1. The first-order valence-electron chi connectivity index (χ1n) is 2.67. The third kappa shape index (κ3) is 3.58. The van der Waals surface area contributed by atoms with Gasteiger partial charge in [0, 0.05) is 6.42 Å². The quantitative estimate of drug-likeness (QED) is 0.421. The van der Waals surface area contributed by atoms with Gasteiger partial charge in [0.25, 0.3) is 6.47 Å². The summed E-state index contributed by atoms with van der Waals surface area (Å²) in [5.74, 6) is 0.655. The first-order valence-corrected chi connectivity index (χ1v) is 2.67. The summed E-state index contributed by atoms with van der Waals surface area (Å²) in [6, 6.07) is 0. The second-order valence-electron chi connectivity index (χ2n) is 1.37. The Morgan fingerprint density at radius 3 is 2.67 bits per heavy atom. The molecule has 0 saturated carbocycles. The van der Waals surface area contributed by atoms with Gasteiger partial charge in [-0.15, -0.1) is 0 Å². The molecule has 0 unspecified atom stereocenters. The SMILES string of the molecule is CC/C(=C/OC=O)OC. The number of allylic oxidation sites excluding steroid dienone is 1. The highest BCUT2D eigenvalue weighted by atomic mass is 16.5. The fraction of sp³-hybridized carbons (Fsp3) is 0.500. The minimum Gasteiger partial charge on any atom is -0.498 e. The highest BCUT2D eigenvalue weighted by molar-refractivity contribution is 5.38. The average molecular weight is 130 g/mol. The molecular formula is C6H10O3. The summed E-state index contributed by atoms with van der Waals surface area (Å²) in [6.45, 7) is 2.26. The Bertz CT molecular complexity index is 101. The minimum absolute atomic E-state index is 0.356. The standard InChI is InChI=1S/C6H10O3/c1-3-6(8-2)4-9-5-7/h4-5H,3H2,1-2H3/b6-4-. The maximum atomic E-state index is 9.62. The van der Waals surface area contributed by atoms with Gasteiger partial charge in [-0.25, -0.2) is 0 Å². The summed E-state index contributed by atoms with van der Waals surface area (Å²) >= 11 is 0. The third-order valence-electron chi connectivity index (χ3n) is 0.866. The van der Waals surface area contributed by atoms with E-state index in [9.17, 15) is 4.79 Å². The summed E-state index contributed by atoms with van der Waals surface area (Å²) in [6.07, 6.45) is 2.01. The molecule has 0 rings (SSSR count). The molecule has 0 aromatic carbocycles. The average Bonchev–Trinajstić information content (AvgIpc) is 1.91. The number of carbonyl (C=O) groups is 1. The smallest absolute Gasteiger partial charge is 0.298 e. The van der Waals surface area contributed by atoms with Crippen LogP contribution in [0.15, 0.2) is 12.0 Å². The zero-order chi connectivity index (χ0) is 7.11. The van der Waals surface area contributed by atoms with Crippen LogP contribution in [-0.2, 0) is 14.3 Å². The lowest BCUT2D eigenvalue weighted by atomic mass is 10.4. The summed E-state index contributed by atoms with van der Waals surface area (Å²) < 4.78 is 9.09. The van der Waals surface area contributed by atoms with E-state index in [-0.39, 0.29) is 0 Å². The molecule has 0 bridgehead atoms. The lowest BCUT2D eigenvalue weighted by Gasteiger charge is -1.98. The van der Waals surface area contributed by atoms with Crippen molar-refractivity contribution in [3.63, 3.8) is 0 Å². The van der Waals surface area contributed by atoms with Crippen molar-refractivity contribution < 1.29 is 14.3 Å². The minimum atomic E-state index is 0.356. The van der Waals surface area contributed by atoms with Gasteiger partial charge in [-0.3, -0.25) is 4.79 Å². The maximum Gasteiger partial charge on any atom is 0.298 e. The molecule has 0 aliphatic carbocycles. The first kappa shape index (κ1) is 8.01. The summed E-state index contributed by atoms with van der Waals surface area (Å²) in [7, 11) is 1.53. The van der Waals surface area contributed by atoms with Crippen molar-refractivity contribution in [2.45, 2.75) is 13.3 Å². The highest BCUT2D eigenvalue weighted by Gasteiger charge is 1.88. The number of methoxy groups -OCH3 is 1. The molecule has 0 saturated heterocycles. The van der Waals surface area contributed by atoms with Crippen molar-refractivity contribution in [3.05, 3.63) is 12.0 Å². The van der Waals surface area contributed by atoms with Gasteiger partial charge in [-0.05, 0) is 0 Å². The van der Waals surface area contributed by atoms with Gasteiger partial charge < -0.3 is 9.47 Å². The van der Waals surface area contributed by atoms with Gasteiger partial charge in [0.15, 0.2) is 0 Å². The molecule has 0 N–H and O–H groups in total. The molecule has 0 spiro atoms. The molecule has 3 heteroatoms. The van der Waals surface area contributed by atoms with E-state index in [4.69, 9.17) is 4.74 Å². The maximum absolute atomic E-state index is 9.62. The second-order valence-corrected chi connectivity index (χ2v) is 1.37. The van der Waals surface area contributed by atoms with Crippen LogP contribution in [0.3, 0.4) is 0 Å². The molecule has 0 heterocycles. The molecule has 9 heavy (non-hydrogen) atoms. The van der Waals surface area contributed by atoms with Crippen molar-refractivity contribution in [2.24, 2.45) is 0 Å². The third-order valence-corrected chi connectivity index (χ3v) is 0.866. The Hall–Kier alpha value is -0.990. The lowest BCUT2D eigenvalue weighted by molar-refractivity contribution is -0.124. The van der Waals surface area contributed by atoms with E-state index in [1.165, 1.54) is 13.4 Å². The van der Waals surface area contributed by atoms with Crippen LogP contribution < -0.4 is 0 Å². The second kappa shape index (κ2) is 5.15. The molecule has 0 amide bonds. The molecule has 0 aliphatic heterocycles. The van der Waals surface area contributed by atoms with E-state index < -0.39 is 0 Å². The summed E-state index contributed by atoms with van der Waals surface area (Å²) in [5, 5.41) is 0. The zero-order valence-electron chi connectivity index (χ0n) is 5.59. The Labute approximate surface area is 54.3 Å². The van der Waals surface area contributed by atoms with Crippen molar-refractivity contribution in [2.75, 3.05) is 7.11 Å². The largest absolute Gasteiger partial charge is 0.498 e. The summed E-state index contributed by atoms with van der Waals surface area (Å²) in [5.41, 5.74) is 0. The van der Waals surface area contributed by atoms with Crippen LogP contribution in [0, 0.1) is 0 Å². The van der Waals surface area contributed by atoms with Crippen LogP contribution in [0.4, 0.5) is 0 Å². The van der Waals surface area contributed by atoms with Crippen LogP contribution in [0.5, 0.6) is 0 Å². The number of ether oxygens (including phenoxy) is 2. The molecule has 3 nitrogen and oxygen atoms in total. The van der Waals surface area contributed by atoms with Gasteiger partial charge >= 0.3 is 0 Å². The molecule has 0 aromatic rings. The van der Waals surface area contributed by atoms with Gasteiger partial charge in [-0.2, -0.15) is 0 Å². The van der Waals surface area contributed by atoms with Crippen LogP contribution >= 0.6 is 0 Å². The molecule has 0 aliphatic rings. The number of rotatable bonds is 4. The van der Waals surface area contributed by atoms with E-state index in [0.29, 0.717) is 12.2 Å². The van der Waals surface area contributed by atoms with Gasteiger partial charge in [0.05, 0.1) is 7.11 Å². The fourth-order valence-corrected chi connectivity index (χ4v) is 0.379. The van der Waals surface area contributed by atoms with Crippen molar-refractivity contribution in [1.82, 2.24) is 0 Å². The Balaban J connectivity index is 3.60. The number of hydrogen-bond donors (Lipinski definition) is 0. The predicted octanol–water partition coefficient (Wildman–Crippen LogP) is 1.06. The summed E-state index contributed by atoms with van der Waals surface area (Å²) in [4.78, 5) is 9.62. The fourth-order valence-electron chi connectivity index (χ4n) is 0.379. The van der Waals surface area contributed by atoms with E-state index in [1.807, 2.05) is 6.92 Å². The van der Waals surface area contributed by atoms with Gasteiger partial charge in [-0.1, -0.05) is 6.92 Å². The molecule has 0 aromatic heterocycles. The molecule has 0 radical (unpaired) electrons. The Morgan fingerprint density at radius 1 is 1.67 bits per heavy atom. The molecule has 52 valence electrons. The molecule has 0 fully saturated rings. The van der Waals surface area contributed by atoms with E-state index in [1.54, 1.807) is 0 Å². The topological polar surface area (TPSA) is 35.5 Å². The Kier molecular flexibility index (Phi) is 4.59. The van der Waals surface area contributed by atoms with E-state index >= 15 is 0 Å². The van der Waals surface area contributed by atoms with Gasteiger partial charge in [0.1, 0.15) is 12.0 Å².